The van der Waals surface area contributed by atoms with Gasteiger partial charge in [0, 0.05) is 23.5 Å². The molecule has 0 saturated carbocycles. The molecule has 0 aliphatic carbocycles. The number of nitrogens with one attached hydrogen (secondary N) is 1. The van der Waals surface area contributed by atoms with Crippen LogP contribution in [-0.4, -0.2) is 34.9 Å². The molecule has 0 spiro atoms. The van der Waals surface area contributed by atoms with E-state index in [0.717, 1.165) is 5.56 Å². The molecule has 1 amide bonds. The van der Waals surface area contributed by atoms with Crippen molar-refractivity contribution in [2.45, 2.75) is 26.5 Å². The number of carbonyl (C=O) groups is 2. The number of aryl methyl sites for hydroxylation is 1. The van der Waals surface area contributed by atoms with Gasteiger partial charge in [-0.25, -0.2) is 4.79 Å². The average molecular weight is 418 g/mol. The quantitative estimate of drug-likeness (QED) is 0.589. The first-order chi connectivity index (χ1) is 13.9. The molecule has 9 heteroatoms. The number of hydrogen-bond acceptors (Lipinski definition) is 6. The number of furan rings is 1. The van der Waals surface area contributed by atoms with Crippen molar-refractivity contribution in [1.29, 1.82) is 0 Å². The molecular formula is C20H20ClN3O5. The molecule has 2 aromatic heterocycles. The van der Waals surface area contributed by atoms with Crippen LogP contribution in [0.15, 0.2) is 47.1 Å². The van der Waals surface area contributed by atoms with Crippen LogP contribution >= 0.6 is 11.6 Å². The van der Waals surface area contributed by atoms with Gasteiger partial charge in [0.2, 0.25) is 5.76 Å². The number of nitrogens with zero attached hydrogens (tertiary/aromatic N) is 2. The second-order valence-corrected chi connectivity index (χ2v) is 6.72. The first-order valence-electron chi connectivity index (χ1n) is 8.79. The summed E-state index contributed by atoms with van der Waals surface area (Å²) in [5.74, 6) is -0.298. The van der Waals surface area contributed by atoms with Crippen LogP contribution in [0.4, 0.5) is 5.69 Å². The Hall–Kier alpha value is -3.26. The number of anilines is 1. The summed E-state index contributed by atoms with van der Waals surface area (Å²) < 4.78 is 17.6. The van der Waals surface area contributed by atoms with Crippen molar-refractivity contribution in [2.75, 3.05) is 12.4 Å². The Morgan fingerprint density at radius 3 is 2.83 bits per heavy atom. The summed E-state index contributed by atoms with van der Waals surface area (Å²) in [4.78, 5) is 24.7. The third-order valence-corrected chi connectivity index (χ3v) is 4.54. The number of aromatic nitrogens is 2. The molecular weight excluding hydrogens is 398 g/mol. The Bertz CT molecular complexity index is 1010. The van der Waals surface area contributed by atoms with Crippen LogP contribution in [0.2, 0.25) is 5.02 Å². The van der Waals surface area contributed by atoms with Crippen LogP contribution in [0.1, 0.15) is 28.8 Å². The van der Waals surface area contributed by atoms with Crippen LogP contribution in [0.3, 0.4) is 0 Å². The Labute approximate surface area is 172 Å². The zero-order chi connectivity index (χ0) is 21.0. The van der Waals surface area contributed by atoms with E-state index < -0.39 is 18.0 Å². The van der Waals surface area contributed by atoms with E-state index in [4.69, 9.17) is 25.5 Å². The molecule has 0 aliphatic heterocycles. The molecule has 0 radical (unpaired) electrons. The highest BCUT2D eigenvalue weighted by molar-refractivity contribution is 6.31. The molecule has 3 rings (SSSR count). The van der Waals surface area contributed by atoms with E-state index in [1.807, 2.05) is 0 Å². The van der Waals surface area contributed by atoms with E-state index in [1.165, 1.54) is 20.1 Å². The van der Waals surface area contributed by atoms with Crippen molar-refractivity contribution < 1.29 is 23.5 Å². The highest BCUT2D eigenvalue weighted by atomic mass is 35.5. The molecule has 2 heterocycles. The summed E-state index contributed by atoms with van der Waals surface area (Å²) in [5, 5.41) is 7.27. The predicted octanol–water partition coefficient (Wildman–Crippen LogP) is 3.68. The number of methoxy groups -OCH3 is 1. The third-order valence-electron chi connectivity index (χ3n) is 4.13. The largest absolute Gasteiger partial charge is 0.495 e. The number of hydrogen-bond donors (Lipinski definition) is 1. The number of halogens is 1. The average Bonchev–Trinajstić information content (AvgIpc) is 3.37. The highest BCUT2D eigenvalue weighted by Gasteiger charge is 2.22. The van der Waals surface area contributed by atoms with Gasteiger partial charge in [-0.15, -0.1) is 0 Å². The number of rotatable bonds is 7. The van der Waals surface area contributed by atoms with Crippen molar-refractivity contribution in [2.24, 2.45) is 0 Å². The van der Waals surface area contributed by atoms with E-state index in [9.17, 15) is 9.59 Å². The van der Waals surface area contributed by atoms with Gasteiger partial charge >= 0.3 is 5.97 Å². The fraction of sp³-hybridized carbons (Fsp3) is 0.250. The smallest absolute Gasteiger partial charge is 0.375 e. The van der Waals surface area contributed by atoms with Gasteiger partial charge < -0.3 is 19.2 Å². The Balaban J connectivity index is 1.62. The Morgan fingerprint density at radius 2 is 2.14 bits per heavy atom. The molecule has 29 heavy (non-hydrogen) atoms. The molecule has 1 aromatic carbocycles. The predicted molar refractivity (Wildman–Crippen MR) is 106 cm³/mol. The van der Waals surface area contributed by atoms with E-state index in [-0.39, 0.29) is 5.76 Å². The first-order valence-corrected chi connectivity index (χ1v) is 9.17. The lowest BCUT2D eigenvalue weighted by Gasteiger charge is -2.15. The normalized spacial score (nSPS) is 11.7. The van der Waals surface area contributed by atoms with Crippen molar-refractivity contribution in [3.8, 4) is 5.75 Å². The van der Waals surface area contributed by atoms with Crippen LogP contribution in [0.5, 0.6) is 5.75 Å². The van der Waals surface area contributed by atoms with Crippen molar-refractivity contribution >= 4 is 29.2 Å². The molecule has 0 fully saturated rings. The lowest BCUT2D eigenvalue weighted by atomic mass is 10.2. The van der Waals surface area contributed by atoms with Gasteiger partial charge in [-0.2, -0.15) is 5.10 Å². The van der Waals surface area contributed by atoms with Crippen LogP contribution in [0, 0.1) is 6.92 Å². The Kier molecular flexibility index (Phi) is 6.23. The highest BCUT2D eigenvalue weighted by Crippen LogP contribution is 2.31. The van der Waals surface area contributed by atoms with Crippen LogP contribution in [-0.2, 0) is 16.1 Å². The van der Waals surface area contributed by atoms with Gasteiger partial charge in [0.1, 0.15) is 11.5 Å². The van der Waals surface area contributed by atoms with Gasteiger partial charge in [0.15, 0.2) is 6.10 Å². The summed E-state index contributed by atoms with van der Waals surface area (Å²) in [5.41, 5.74) is 1.20. The van der Waals surface area contributed by atoms with E-state index in [2.05, 4.69) is 10.4 Å². The summed E-state index contributed by atoms with van der Waals surface area (Å²) >= 11 is 6.07. The minimum Gasteiger partial charge on any atom is -0.495 e. The summed E-state index contributed by atoms with van der Waals surface area (Å²) in [6.45, 7) is 3.65. The van der Waals surface area contributed by atoms with Gasteiger partial charge in [0.05, 0.1) is 19.3 Å². The SMILES string of the molecule is COc1cc(Cl)c(C)cc1NC(=O)C(C)OC(=O)c1ccc(Cn2cccn2)o1. The number of ether oxygens (including phenoxy) is 2. The van der Waals surface area contributed by atoms with Crippen molar-refractivity contribution in [3.05, 3.63) is 64.8 Å². The van der Waals surface area contributed by atoms with Gasteiger partial charge in [-0.1, -0.05) is 11.6 Å². The lowest BCUT2D eigenvalue weighted by molar-refractivity contribution is -0.123. The minimum atomic E-state index is -1.05. The molecule has 1 N–H and O–H groups in total. The Morgan fingerprint density at radius 1 is 1.34 bits per heavy atom. The molecule has 1 unspecified atom stereocenters. The standard InChI is InChI=1S/C20H20ClN3O5/c1-12-9-16(18(27-3)10-15(12)21)23-19(25)13(2)28-20(26)17-6-5-14(29-17)11-24-8-4-7-22-24/h4-10,13H,11H2,1-3H3,(H,23,25). The third kappa shape index (κ3) is 4.97. The fourth-order valence-electron chi connectivity index (χ4n) is 2.56. The lowest BCUT2D eigenvalue weighted by Crippen LogP contribution is -2.30. The second-order valence-electron chi connectivity index (χ2n) is 6.31. The number of carbonyl (C=O) groups excluding carboxylic acids is 2. The zero-order valence-corrected chi connectivity index (χ0v) is 16.9. The van der Waals surface area contributed by atoms with Crippen molar-refractivity contribution in [3.63, 3.8) is 0 Å². The van der Waals surface area contributed by atoms with Crippen LogP contribution < -0.4 is 10.1 Å². The summed E-state index contributed by atoms with van der Waals surface area (Å²) in [7, 11) is 1.47. The molecule has 0 bridgehead atoms. The van der Waals surface area contributed by atoms with Crippen molar-refractivity contribution in [1.82, 2.24) is 9.78 Å². The van der Waals surface area contributed by atoms with E-state index in [0.29, 0.717) is 28.8 Å². The van der Waals surface area contributed by atoms with Gasteiger partial charge in [-0.05, 0) is 43.7 Å². The summed E-state index contributed by atoms with van der Waals surface area (Å²) in [6, 6.07) is 8.23. The molecule has 8 nitrogen and oxygen atoms in total. The molecule has 3 aromatic rings. The number of esters is 1. The van der Waals surface area contributed by atoms with E-state index >= 15 is 0 Å². The van der Waals surface area contributed by atoms with Crippen LogP contribution in [0.25, 0.3) is 0 Å². The maximum Gasteiger partial charge on any atom is 0.375 e. The topological polar surface area (TPSA) is 95.6 Å². The summed E-state index contributed by atoms with van der Waals surface area (Å²) in [6.07, 6.45) is 2.37. The molecule has 1 atom stereocenters. The fourth-order valence-corrected chi connectivity index (χ4v) is 2.72. The second kappa shape index (κ2) is 8.83. The number of benzene rings is 1. The minimum absolute atomic E-state index is 0.00623. The first kappa shape index (κ1) is 20.5. The zero-order valence-electron chi connectivity index (χ0n) is 16.1. The van der Waals surface area contributed by atoms with E-state index in [1.54, 1.807) is 48.3 Å². The van der Waals surface area contributed by atoms with Gasteiger partial charge in [0.25, 0.3) is 5.91 Å². The number of amides is 1. The molecule has 0 saturated heterocycles. The monoisotopic (exact) mass is 417 g/mol. The molecule has 0 aliphatic rings. The maximum absolute atomic E-state index is 12.4. The maximum atomic E-state index is 12.4. The molecule has 152 valence electrons. The van der Waals surface area contributed by atoms with Gasteiger partial charge in [-0.3, -0.25) is 9.48 Å².